The number of benzene rings is 1. The Kier molecular flexibility index (Phi) is 5.93. The molecule has 7 nitrogen and oxygen atoms in total. The number of imidazole rings is 1. The van der Waals surface area contributed by atoms with E-state index in [1.165, 1.54) is 7.11 Å². The number of aromatic nitrogens is 3. The average Bonchev–Trinajstić information content (AvgIpc) is 3.26. The lowest BCUT2D eigenvalue weighted by molar-refractivity contribution is 0.0948. The third-order valence-electron chi connectivity index (χ3n) is 4.91. The minimum atomic E-state index is -0.156. The molecule has 1 N–H and O–H groups in total. The Morgan fingerprint density at radius 3 is 2.83 bits per heavy atom. The van der Waals surface area contributed by atoms with Crippen molar-refractivity contribution in [3.8, 4) is 23.1 Å². The number of aryl methyl sites for hydroxylation is 1. The summed E-state index contributed by atoms with van der Waals surface area (Å²) in [7, 11) is 1.50. The highest BCUT2D eigenvalue weighted by atomic mass is 16.5. The number of nitriles is 1. The molecule has 0 unspecified atom stereocenters. The monoisotopic (exact) mass is 389 g/mol. The molecule has 2 heterocycles. The molecule has 0 radical (unpaired) electrons. The molecule has 7 heteroatoms. The number of carbonyl (C=O) groups excluding carboxylic acids is 1. The molecule has 0 aliphatic heterocycles. The van der Waals surface area contributed by atoms with Crippen LogP contribution < -0.4 is 10.1 Å². The van der Waals surface area contributed by atoms with E-state index in [4.69, 9.17) is 4.74 Å². The molecule has 0 spiro atoms. The molecule has 3 aromatic rings. The SMILES string of the molecule is COc1nc(C)c(-c2cccc(C(=O)NC[C@@H](C)n3ccnc3)c2)c(C)c1C#N. The molecule has 0 bridgehead atoms. The number of nitrogens with zero attached hydrogens (tertiary/aromatic N) is 4. The zero-order valence-electron chi connectivity index (χ0n) is 16.9. The van der Waals surface area contributed by atoms with Crippen molar-refractivity contribution in [2.45, 2.75) is 26.8 Å². The number of pyridine rings is 1. The van der Waals surface area contributed by atoms with E-state index in [1.54, 1.807) is 18.6 Å². The van der Waals surface area contributed by atoms with Crippen molar-refractivity contribution < 1.29 is 9.53 Å². The van der Waals surface area contributed by atoms with Gasteiger partial charge in [0, 0.05) is 41.8 Å². The third-order valence-corrected chi connectivity index (χ3v) is 4.91. The fourth-order valence-electron chi connectivity index (χ4n) is 3.32. The topological polar surface area (TPSA) is 92.8 Å². The lowest BCUT2D eigenvalue weighted by atomic mass is 9.95. The highest BCUT2D eigenvalue weighted by Crippen LogP contribution is 2.32. The fraction of sp³-hybridized carbons (Fsp3) is 0.273. The third kappa shape index (κ3) is 4.11. The van der Waals surface area contributed by atoms with Crippen molar-refractivity contribution >= 4 is 5.91 Å². The Hall–Kier alpha value is -3.66. The van der Waals surface area contributed by atoms with Gasteiger partial charge in [0.1, 0.15) is 11.6 Å². The van der Waals surface area contributed by atoms with Gasteiger partial charge in [0.25, 0.3) is 5.91 Å². The summed E-state index contributed by atoms with van der Waals surface area (Å²) in [6.45, 7) is 6.23. The van der Waals surface area contributed by atoms with Gasteiger partial charge in [0.2, 0.25) is 5.88 Å². The van der Waals surface area contributed by atoms with Crippen LogP contribution in [-0.2, 0) is 0 Å². The second kappa shape index (κ2) is 8.57. The Balaban J connectivity index is 1.86. The number of amides is 1. The molecule has 3 rings (SSSR count). The Labute approximate surface area is 170 Å². The summed E-state index contributed by atoms with van der Waals surface area (Å²) in [4.78, 5) is 21.1. The number of hydrogen-bond acceptors (Lipinski definition) is 5. The van der Waals surface area contributed by atoms with Crippen molar-refractivity contribution in [3.05, 3.63) is 65.4 Å². The molecule has 0 saturated heterocycles. The van der Waals surface area contributed by atoms with Crippen LogP contribution in [-0.4, -0.2) is 34.1 Å². The van der Waals surface area contributed by atoms with Crippen molar-refractivity contribution in [1.82, 2.24) is 19.9 Å². The summed E-state index contributed by atoms with van der Waals surface area (Å²) < 4.78 is 7.17. The molecule has 2 aromatic heterocycles. The number of hydrogen-bond donors (Lipinski definition) is 1. The van der Waals surface area contributed by atoms with E-state index in [1.807, 2.05) is 49.7 Å². The molecular formula is C22H23N5O2. The van der Waals surface area contributed by atoms with Gasteiger partial charge < -0.3 is 14.6 Å². The molecule has 0 aliphatic carbocycles. The summed E-state index contributed by atoms with van der Waals surface area (Å²) >= 11 is 0. The van der Waals surface area contributed by atoms with Crippen LogP contribution in [0.15, 0.2) is 43.0 Å². The predicted molar refractivity (Wildman–Crippen MR) is 110 cm³/mol. The standard InChI is InChI=1S/C22H23N5O2/c1-14(27-9-8-24-13-27)12-25-21(28)18-7-5-6-17(10-18)20-15(2)19(11-23)22(29-4)26-16(20)3/h5-10,13-14H,12H2,1-4H3,(H,25,28)/t14-/m1/s1. The van der Waals surface area contributed by atoms with Crippen LogP contribution in [0.1, 0.15) is 40.1 Å². The molecule has 1 amide bonds. The second-order valence-corrected chi connectivity index (χ2v) is 6.84. The van der Waals surface area contributed by atoms with Gasteiger partial charge in [-0.1, -0.05) is 12.1 Å². The van der Waals surface area contributed by atoms with Gasteiger partial charge in [-0.05, 0) is 44.0 Å². The van der Waals surface area contributed by atoms with Crippen LogP contribution >= 0.6 is 0 Å². The second-order valence-electron chi connectivity index (χ2n) is 6.84. The average molecular weight is 389 g/mol. The van der Waals surface area contributed by atoms with E-state index in [-0.39, 0.29) is 11.9 Å². The molecule has 148 valence electrons. The normalized spacial score (nSPS) is 11.6. The first-order chi connectivity index (χ1) is 14.0. The van der Waals surface area contributed by atoms with Gasteiger partial charge >= 0.3 is 0 Å². The number of rotatable bonds is 6. The van der Waals surface area contributed by atoms with Crippen LogP contribution in [0.2, 0.25) is 0 Å². The molecular weight excluding hydrogens is 366 g/mol. The van der Waals surface area contributed by atoms with Crippen LogP contribution in [0, 0.1) is 25.2 Å². The highest BCUT2D eigenvalue weighted by molar-refractivity contribution is 5.95. The number of ether oxygens (including phenoxy) is 1. The quantitative estimate of drug-likeness (QED) is 0.697. The van der Waals surface area contributed by atoms with Crippen LogP contribution in [0.4, 0.5) is 0 Å². The number of carbonyl (C=O) groups is 1. The maximum Gasteiger partial charge on any atom is 0.251 e. The van der Waals surface area contributed by atoms with E-state index >= 15 is 0 Å². The predicted octanol–water partition coefficient (Wildman–Crippen LogP) is 3.43. The van der Waals surface area contributed by atoms with E-state index < -0.39 is 0 Å². The maximum absolute atomic E-state index is 12.7. The first-order valence-corrected chi connectivity index (χ1v) is 9.27. The Morgan fingerprint density at radius 2 is 2.17 bits per heavy atom. The zero-order chi connectivity index (χ0) is 21.0. The van der Waals surface area contributed by atoms with Crippen molar-refractivity contribution in [1.29, 1.82) is 5.26 Å². The lowest BCUT2D eigenvalue weighted by Crippen LogP contribution is -2.29. The van der Waals surface area contributed by atoms with Crippen molar-refractivity contribution in [2.75, 3.05) is 13.7 Å². The van der Waals surface area contributed by atoms with Gasteiger partial charge in [0.15, 0.2) is 0 Å². The number of nitrogens with one attached hydrogen (secondary N) is 1. The molecule has 1 atom stereocenters. The van der Waals surface area contributed by atoms with Gasteiger partial charge in [-0.25, -0.2) is 9.97 Å². The largest absolute Gasteiger partial charge is 0.480 e. The van der Waals surface area contributed by atoms with Crippen LogP contribution in [0.3, 0.4) is 0 Å². The highest BCUT2D eigenvalue weighted by Gasteiger charge is 2.18. The first kappa shape index (κ1) is 20.1. The molecule has 1 aromatic carbocycles. The Morgan fingerprint density at radius 1 is 1.38 bits per heavy atom. The van der Waals surface area contributed by atoms with Crippen molar-refractivity contribution in [2.24, 2.45) is 0 Å². The van der Waals surface area contributed by atoms with Crippen LogP contribution in [0.25, 0.3) is 11.1 Å². The fourth-order valence-corrected chi connectivity index (χ4v) is 3.32. The van der Waals surface area contributed by atoms with Gasteiger partial charge in [-0.15, -0.1) is 0 Å². The van der Waals surface area contributed by atoms with E-state index in [2.05, 4.69) is 21.4 Å². The van der Waals surface area contributed by atoms with Crippen LogP contribution in [0.5, 0.6) is 5.88 Å². The molecule has 0 aliphatic rings. The van der Waals surface area contributed by atoms with E-state index in [9.17, 15) is 10.1 Å². The summed E-state index contributed by atoms with van der Waals surface area (Å²) in [5.41, 5.74) is 4.14. The minimum Gasteiger partial charge on any atom is -0.480 e. The molecule has 0 saturated carbocycles. The summed E-state index contributed by atoms with van der Waals surface area (Å²) in [6.07, 6.45) is 5.31. The van der Waals surface area contributed by atoms with Gasteiger partial charge in [-0.3, -0.25) is 4.79 Å². The first-order valence-electron chi connectivity index (χ1n) is 9.27. The van der Waals surface area contributed by atoms with E-state index in [0.717, 1.165) is 22.4 Å². The van der Waals surface area contributed by atoms with Gasteiger partial charge in [0.05, 0.1) is 13.4 Å². The maximum atomic E-state index is 12.7. The minimum absolute atomic E-state index is 0.0955. The summed E-state index contributed by atoms with van der Waals surface area (Å²) in [5.74, 6) is 0.157. The van der Waals surface area contributed by atoms with Gasteiger partial charge in [-0.2, -0.15) is 5.26 Å². The van der Waals surface area contributed by atoms with Crippen molar-refractivity contribution in [3.63, 3.8) is 0 Å². The summed E-state index contributed by atoms with van der Waals surface area (Å²) in [6, 6.07) is 9.59. The smallest absolute Gasteiger partial charge is 0.251 e. The molecule has 29 heavy (non-hydrogen) atoms. The molecule has 0 fully saturated rings. The van der Waals surface area contributed by atoms with E-state index in [0.29, 0.717) is 23.6 Å². The number of methoxy groups -OCH3 is 1. The zero-order valence-corrected chi connectivity index (χ0v) is 16.9. The summed E-state index contributed by atoms with van der Waals surface area (Å²) in [5, 5.41) is 12.5. The Bertz CT molecular complexity index is 1070. The lowest BCUT2D eigenvalue weighted by Gasteiger charge is -2.16.